The molecule has 0 amide bonds. The van der Waals surface area contributed by atoms with Crippen LogP contribution in [0.1, 0.15) is 12.6 Å². The number of aromatic nitrogens is 5. The summed E-state index contributed by atoms with van der Waals surface area (Å²) in [5.74, 6) is 0.212. The first kappa shape index (κ1) is 20.8. The molecule has 1 fully saturated rings. The van der Waals surface area contributed by atoms with Crippen LogP contribution in [-0.4, -0.2) is 66.9 Å². The van der Waals surface area contributed by atoms with Crippen molar-refractivity contribution < 1.29 is 14.9 Å². The Hall–Kier alpha value is -3.78. The fraction of sp³-hybridized carbons (Fsp3) is 0.333. The molecule has 0 spiro atoms. The lowest BCUT2D eigenvalue weighted by molar-refractivity contribution is -0.0427. The van der Waals surface area contributed by atoms with Crippen LogP contribution in [0, 0.1) is 0 Å². The molecule has 0 radical (unpaired) electrons. The van der Waals surface area contributed by atoms with E-state index in [2.05, 4.69) is 19.9 Å². The summed E-state index contributed by atoms with van der Waals surface area (Å²) in [6.07, 6.45) is -1.28. The van der Waals surface area contributed by atoms with Crippen LogP contribution in [-0.2, 0) is 4.74 Å². The highest BCUT2D eigenvalue weighted by Gasteiger charge is 2.42. The van der Waals surface area contributed by atoms with E-state index >= 15 is 0 Å². The van der Waals surface area contributed by atoms with E-state index in [0.29, 0.717) is 5.95 Å². The lowest BCUT2D eigenvalue weighted by atomic mass is 10.1. The number of H-pyrrole nitrogens is 1. The molecule has 13 nitrogen and oxygen atoms in total. The maximum atomic E-state index is 12.7. The largest absolute Gasteiger partial charge is 0.394 e. The molecular weight excluding hydrogens is 442 g/mol. The number of benzene rings is 1. The molecule has 4 atom stereocenters. The fourth-order valence-electron chi connectivity index (χ4n) is 4.79. The first-order valence-corrected chi connectivity index (χ1v) is 10.8. The van der Waals surface area contributed by atoms with Crippen molar-refractivity contribution in [3.8, 4) is 0 Å². The van der Waals surface area contributed by atoms with E-state index in [-0.39, 0.29) is 30.1 Å². The monoisotopic (exact) mass is 465 g/mol. The molecule has 1 aromatic carbocycles. The highest BCUT2D eigenvalue weighted by molar-refractivity contribution is 6.03. The van der Waals surface area contributed by atoms with Crippen LogP contribution < -0.4 is 26.8 Å². The maximum absolute atomic E-state index is 12.7. The zero-order valence-corrected chi connectivity index (χ0v) is 18.2. The zero-order chi connectivity index (χ0) is 23.7. The first-order chi connectivity index (χ1) is 16.4. The molecular formula is C21H23N9O4. The van der Waals surface area contributed by atoms with Crippen molar-refractivity contribution in [3.63, 3.8) is 0 Å². The summed E-state index contributed by atoms with van der Waals surface area (Å²) in [6.45, 7) is -0.360. The van der Waals surface area contributed by atoms with Crippen LogP contribution in [0.2, 0.25) is 0 Å². The second-order valence-electron chi connectivity index (χ2n) is 8.42. The number of nitrogens with two attached hydrogens (primary N) is 2. The highest BCUT2D eigenvalue weighted by atomic mass is 16.5. The summed E-state index contributed by atoms with van der Waals surface area (Å²) in [4.78, 5) is 32.3. The maximum Gasteiger partial charge on any atom is 0.280 e. The summed E-state index contributed by atoms with van der Waals surface area (Å²) in [7, 11) is 1.86. The Balaban J connectivity index is 1.64. The smallest absolute Gasteiger partial charge is 0.280 e. The van der Waals surface area contributed by atoms with E-state index in [4.69, 9.17) is 16.2 Å². The molecule has 2 aliphatic rings. The molecule has 2 aliphatic heterocycles. The van der Waals surface area contributed by atoms with Crippen LogP contribution >= 0.6 is 0 Å². The SMILES string of the molecule is CN1c2ccc3ncccc3c2N(c2nc3c(=O)[nH]c(N)nc3n2C2CC(O)C(CO)O2)C1N. The number of rotatable bonds is 3. The van der Waals surface area contributed by atoms with Crippen molar-refractivity contribution in [1.29, 1.82) is 0 Å². The van der Waals surface area contributed by atoms with Crippen molar-refractivity contribution in [3.05, 3.63) is 40.8 Å². The summed E-state index contributed by atoms with van der Waals surface area (Å²) in [5.41, 5.74) is 14.6. The minimum absolute atomic E-state index is 0.0522. The van der Waals surface area contributed by atoms with E-state index in [9.17, 15) is 15.0 Å². The number of aliphatic hydroxyl groups is 2. The second kappa shape index (κ2) is 7.36. The number of hydrogen-bond donors (Lipinski definition) is 5. The number of anilines is 4. The van der Waals surface area contributed by atoms with Crippen molar-refractivity contribution >= 4 is 45.3 Å². The quantitative estimate of drug-likeness (QED) is 0.268. The summed E-state index contributed by atoms with van der Waals surface area (Å²) in [6, 6.07) is 7.62. The van der Waals surface area contributed by atoms with Crippen LogP contribution in [0.25, 0.3) is 22.1 Å². The number of aliphatic hydroxyl groups excluding tert-OH is 2. The average Bonchev–Trinajstić information content (AvgIpc) is 3.45. The molecule has 6 rings (SSSR count). The topological polar surface area (TPSA) is 185 Å². The Labute approximate surface area is 192 Å². The second-order valence-corrected chi connectivity index (χ2v) is 8.42. The number of nitrogen functional groups attached to an aromatic ring is 1. The van der Waals surface area contributed by atoms with Gasteiger partial charge in [0.25, 0.3) is 5.56 Å². The molecule has 7 N–H and O–H groups in total. The number of ether oxygens (including phenoxy) is 1. The lowest BCUT2D eigenvalue weighted by Gasteiger charge is -2.28. The third-order valence-corrected chi connectivity index (χ3v) is 6.46. The first-order valence-electron chi connectivity index (χ1n) is 10.8. The highest BCUT2D eigenvalue weighted by Crippen LogP contribution is 2.47. The van der Waals surface area contributed by atoms with E-state index in [1.807, 2.05) is 36.2 Å². The molecule has 176 valence electrons. The summed E-state index contributed by atoms with van der Waals surface area (Å²) >= 11 is 0. The van der Waals surface area contributed by atoms with Crippen molar-refractivity contribution in [1.82, 2.24) is 24.5 Å². The normalized spacial score (nSPS) is 24.5. The third kappa shape index (κ3) is 2.81. The minimum atomic E-state index is -0.910. The van der Waals surface area contributed by atoms with Gasteiger partial charge in [-0.05, 0) is 24.3 Å². The Morgan fingerprint density at radius 2 is 2.12 bits per heavy atom. The van der Waals surface area contributed by atoms with Gasteiger partial charge in [0.2, 0.25) is 11.9 Å². The molecule has 0 saturated carbocycles. The van der Waals surface area contributed by atoms with Gasteiger partial charge in [0.15, 0.2) is 17.5 Å². The molecule has 3 aromatic heterocycles. The predicted molar refractivity (Wildman–Crippen MR) is 124 cm³/mol. The van der Waals surface area contributed by atoms with Crippen molar-refractivity contribution in [2.75, 3.05) is 29.2 Å². The molecule has 5 heterocycles. The molecule has 0 bridgehead atoms. The number of nitrogens with one attached hydrogen (secondary N) is 1. The Morgan fingerprint density at radius 3 is 2.88 bits per heavy atom. The summed E-state index contributed by atoms with van der Waals surface area (Å²) < 4.78 is 7.54. The Morgan fingerprint density at radius 1 is 1.29 bits per heavy atom. The van der Waals surface area contributed by atoms with Gasteiger partial charge in [0.05, 0.1) is 29.6 Å². The van der Waals surface area contributed by atoms with Gasteiger partial charge in [-0.15, -0.1) is 0 Å². The molecule has 34 heavy (non-hydrogen) atoms. The van der Waals surface area contributed by atoms with Gasteiger partial charge in [-0.2, -0.15) is 4.98 Å². The molecule has 1 saturated heterocycles. The van der Waals surface area contributed by atoms with Crippen LogP contribution in [0.5, 0.6) is 0 Å². The van der Waals surface area contributed by atoms with Gasteiger partial charge in [-0.1, -0.05) is 0 Å². The van der Waals surface area contributed by atoms with Gasteiger partial charge < -0.3 is 25.6 Å². The number of pyridine rings is 1. The van der Waals surface area contributed by atoms with Gasteiger partial charge >= 0.3 is 0 Å². The number of hydrogen-bond acceptors (Lipinski definition) is 11. The van der Waals surface area contributed by atoms with E-state index in [0.717, 1.165) is 22.3 Å². The molecule has 4 unspecified atom stereocenters. The third-order valence-electron chi connectivity index (χ3n) is 6.46. The lowest BCUT2D eigenvalue weighted by Crippen LogP contribution is -2.47. The Kier molecular flexibility index (Phi) is 4.50. The van der Waals surface area contributed by atoms with Crippen molar-refractivity contribution in [2.45, 2.75) is 31.1 Å². The van der Waals surface area contributed by atoms with E-state index < -0.39 is 30.3 Å². The van der Waals surface area contributed by atoms with Gasteiger partial charge in [-0.25, -0.2) is 4.98 Å². The Bertz CT molecular complexity index is 1480. The van der Waals surface area contributed by atoms with Crippen LogP contribution in [0.15, 0.2) is 35.3 Å². The molecule has 4 aromatic rings. The number of imidazole rings is 1. The predicted octanol–water partition coefficient (Wildman–Crippen LogP) is -0.279. The number of fused-ring (bicyclic) bond motifs is 4. The summed E-state index contributed by atoms with van der Waals surface area (Å²) in [5, 5.41) is 20.9. The standard InChI is InChI=1S/C21H23N9O4/c1-28-11-5-4-10-9(3-2-6-24-10)16(11)30(20(28)23)21-25-15-17(26-19(22)27-18(15)33)29(21)14-7-12(32)13(8-31)34-14/h2-6,12-14,20,31-32H,7-8,23H2,1H3,(H3,22,26,27,33). The number of aromatic amines is 1. The van der Waals surface area contributed by atoms with E-state index in [1.54, 1.807) is 15.7 Å². The molecule has 0 aliphatic carbocycles. The molecule has 13 heteroatoms. The minimum Gasteiger partial charge on any atom is -0.394 e. The number of nitrogens with zero attached hydrogens (tertiary/aromatic N) is 6. The zero-order valence-electron chi connectivity index (χ0n) is 18.2. The van der Waals surface area contributed by atoms with Gasteiger partial charge in [0.1, 0.15) is 12.3 Å². The van der Waals surface area contributed by atoms with Crippen LogP contribution in [0.3, 0.4) is 0 Å². The fourth-order valence-corrected chi connectivity index (χ4v) is 4.79. The van der Waals surface area contributed by atoms with Gasteiger partial charge in [0, 0.05) is 25.1 Å². The van der Waals surface area contributed by atoms with E-state index in [1.165, 1.54) is 0 Å². The van der Waals surface area contributed by atoms with Crippen molar-refractivity contribution in [2.24, 2.45) is 5.73 Å². The van der Waals surface area contributed by atoms with Crippen LogP contribution in [0.4, 0.5) is 23.3 Å². The average molecular weight is 465 g/mol. The van der Waals surface area contributed by atoms with Gasteiger partial charge in [-0.3, -0.25) is 30.0 Å².